The molecule has 0 bridgehead atoms. The van der Waals surface area contributed by atoms with Gasteiger partial charge >= 0.3 is 6.18 Å². The largest absolute Gasteiger partial charge is 0.505 e. The molecule has 0 spiro atoms. The highest BCUT2D eigenvalue weighted by Crippen LogP contribution is 2.30. The lowest BCUT2D eigenvalue weighted by Gasteiger charge is -2.09. The van der Waals surface area contributed by atoms with Crippen molar-refractivity contribution < 1.29 is 18.3 Å². The minimum Gasteiger partial charge on any atom is -0.505 e. The van der Waals surface area contributed by atoms with Crippen molar-refractivity contribution in [2.45, 2.75) is 6.18 Å². The summed E-state index contributed by atoms with van der Waals surface area (Å²) in [6.45, 7) is 0. The van der Waals surface area contributed by atoms with Crippen molar-refractivity contribution in [3.63, 3.8) is 0 Å². The first kappa shape index (κ1) is 13.4. The Morgan fingerprint density at radius 1 is 1.32 bits per heavy atom. The standard InChI is InChI=1S/C11H6ClF3N2O2/c12-9-8(18)5-16-17(10(9)19)7-3-1-2-6(4-7)11(13,14)15/h1-5,18H. The molecule has 0 aliphatic rings. The Bertz CT molecular complexity index is 682. The minimum absolute atomic E-state index is 0.0956. The summed E-state index contributed by atoms with van der Waals surface area (Å²) in [5, 5.41) is 12.2. The van der Waals surface area contributed by atoms with Crippen LogP contribution in [0, 0.1) is 0 Å². The lowest BCUT2D eigenvalue weighted by molar-refractivity contribution is -0.137. The van der Waals surface area contributed by atoms with Crippen molar-refractivity contribution in [2.75, 3.05) is 0 Å². The zero-order valence-electron chi connectivity index (χ0n) is 9.15. The SMILES string of the molecule is O=c1c(Cl)c(O)cnn1-c1cccc(C(F)(F)F)c1. The first-order chi connectivity index (χ1) is 8.80. The van der Waals surface area contributed by atoms with Crippen LogP contribution in [0.25, 0.3) is 5.69 Å². The van der Waals surface area contributed by atoms with E-state index in [0.29, 0.717) is 4.68 Å². The second kappa shape index (κ2) is 4.58. The molecule has 1 heterocycles. The lowest BCUT2D eigenvalue weighted by atomic mass is 10.2. The molecular formula is C11H6ClF3N2O2. The number of alkyl halides is 3. The van der Waals surface area contributed by atoms with E-state index >= 15 is 0 Å². The van der Waals surface area contributed by atoms with Crippen LogP contribution in [0.4, 0.5) is 13.2 Å². The van der Waals surface area contributed by atoms with E-state index in [2.05, 4.69) is 5.10 Å². The number of aromatic hydroxyl groups is 1. The molecule has 8 heteroatoms. The highest BCUT2D eigenvalue weighted by atomic mass is 35.5. The predicted molar refractivity (Wildman–Crippen MR) is 61.5 cm³/mol. The van der Waals surface area contributed by atoms with Gasteiger partial charge in [0.2, 0.25) is 0 Å². The van der Waals surface area contributed by atoms with Gasteiger partial charge in [-0.3, -0.25) is 4.79 Å². The van der Waals surface area contributed by atoms with Crippen molar-refractivity contribution in [2.24, 2.45) is 0 Å². The molecule has 100 valence electrons. The monoisotopic (exact) mass is 290 g/mol. The van der Waals surface area contributed by atoms with Gasteiger partial charge in [-0.2, -0.15) is 23.0 Å². The van der Waals surface area contributed by atoms with Crippen LogP contribution in [-0.4, -0.2) is 14.9 Å². The Morgan fingerprint density at radius 2 is 2.00 bits per heavy atom. The highest BCUT2D eigenvalue weighted by molar-refractivity contribution is 6.31. The van der Waals surface area contributed by atoms with E-state index in [0.717, 1.165) is 24.4 Å². The van der Waals surface area contributed by atoms with E-state index in [-0.39, 0.29) is 5.69 Å². The summed E-state index contributed by atoms with van der Waals surface area (Å²) in [6, 6.07) is 4.06. The van der Waals surface area contributed by atoms with Gasteiger partial charge in [-0.1, -0.05) is 17.7 Å². The number of rotatable bonds is 1. The van der Waals surface area contributed by atoms with Gasteiger partial charge < -0.3 is 5.11 Å². The molecule has 0 amide bonds. The molecule has 1 aromatic carbocycles. The fourth-order valence-corrected chi connectivity index (χ4v) is 1.55. The highest BCUT2D eigenvalue weighted by Gasteiger charge is 2.30. The second-order valence-electron chi connectivity index (χ2n) is 3.61. The van der Waals surface area contributed by atoms with Crippen molar-refractivity contribution in [1.29, 1.82) is 0 Å². The van der Waals surface area contributed by atoms with E-state index in [4.69, 9.17) is 16.7 Å². The zero-order chi connectivity index (χ0) is 14.2. The van der Waals surface area contributed by atoms with Gasteiger partial charge in [0.1, 0.15) is 0 Å². The molecule has 0 aliphatic heterocycles. The van der Waals surface area contributed by atoms with E-state index in [1.807, 2.05) is 0 Å². The van der Waals surface area contributed by atoms with E-state index in [9.17, 15) is 18.0 Å². The maximum atomic E-state index is 12.6. The van der Waals surface area contributed by atoms with E-state index in [1.54, 1.807) is 0 Å². The average molecular weight is 291 g/mol. The Balaban J connectivity index is 2.61. The normalized spacial score (nSPS) is 11.6. The number of aromatic nitrogens is 2. The van der Waals surface area contributed by atoms with Crippen molar-refractivity contribution in [3.05, 3.63) is 51.4 Å². The van der Waals surface area contributed by atoms with Gasteiger partial charge in [0.15, 0.2) is 10.8 Å². The summed E-state index contributed by atoms with van der Waals surface area (Å²) in [5.74, 6) is -0.533. The maximum absolute atomic E-state index is 12.6. The smallest absolute Gasteiger partial charge is 0.416 e. The molecule has 0 radical (unpaired) electrons. The Kier molecular flexibility index (Phi) is 3.23. The van der Waals surface area contributed by atoms with Crippen LogP contribution in [0.1, 0.15) is 5.56 Å². The number of hydrogen-bond acceptors (Lipinski definition) is 3. The summed E-state index contributed by atoms with van der Waals surface area (Å²) in [7, 11) is 0. The summed E-state index contributed by atoms with van der Waals surface area (Å²) in [5.41, 5.74) is -1.91. The van der Waals surface area contributed by atoms with Crippen molar-refractivity contribution in [1.82, 2.24) is 9.78 Å². The molecular weight excluding hydrogens is 285 g/mol. The number of benzene rings is 1. The van der Waals surface area contributed by atoms with Crippen LogP contribution in [0.5, 0.6) is 5.75 Å². The molecule has 19 heavy (non-hydrogen) atoms. The number of hydrogen-bond donors (Lipinski definition) is 1. The quantitative estimate of drug-likeness (QED) is 0.878. The molecule has 1 N–H and O–H groups in total. The average Bonchev–Trinajstić information content (AvgIpc) is 2.35. The van der Waals surface area contributed by atoms with Gasteiger partial charge in [0.05, 0.1) is 17.4 Å². The van der Waals surface area contributed by atoms with E-state index < -0.39 is 28.1 Å². The molecule has 0 saturated carbocycles. The topological polar surface area (TPSA) is 55.1 Å². The van der Waals surface area contributed by atoms with Gasteiger partial charge in [-0.05, 0) is 18.2 Å². The molecule has 2 rings (SSSR count). The zero-order valence-corrected chi connectivity index (χ0v) is 9.90. The van der Waals surface area contributed by atoms with Crippen LogP contribution in [-0.2, 0) is 6.18 Å². The molecule has 0 unspecified atom stereocenters. The fourth-order valence-electron chi connectivity index (χ4n) is 1.42. The third kappa shape index (κ3) is 2.55. The fraction of sp³-hybridized carbons (Fsp3) is 0.0909. The minimum atomic E-state index is -4.53. The first-order valence-electron chi connectivity index (χ1n) is 4.95. The van der Waals surface area contributed by atoms with Crippen LogP contribution >= 0.6 is 11.6 Å². The summed E-state index contributed by atoms with van der Waals surface area (Å²) in [6.07, 6.45) is -3.65. The third-order valence-corrected chi connectivity index (χ3v) is 2.67. The second-order valence-corrected chi connectivity index (χ2v) is 3.99. The Labute approximate surface area is 109 Å². The van der Waals surface area contributed by atoms with Gasteiger partial charge in [-0.25, -0.2) is 0 Å². The van der Waals surface area contributed by atoms with Crippen LogP contribution in [0.2, 0.25) is 5.02 Å². The van der Waals surface area contributed by atoms with Gasteiger partial charge in [-0.15, -0.1) is 0 Å². The van der Waals surface area contributed by atoms with Crippen LogP contribution < -0.4 is 5.56 Å². The molecule has 2 aromatic rings. The first-order valence-corrected chi connectivity index (χ1v) is 5.33. The summed E-state index contributed by atoms with van der Waals surface area (Å²) >= 11 is 5.52. The number of nitrogens with zero attached hydrogens (tertiary/aromatic N) is 2. The summed E-state index contributed by atoms with van der Waals surface area (Å²) < 4.78 is 38.3. The Morgan fingerprint density at radius 3 is 2.63 bits per heavy atom. The summed E-state index contributed by atoms with van der Waals surface area (Å²) in [4.78, 5) is 11.7. The predicted octanol–water partition coefficient (Wildman–Crippen LogP) is 2.61. The molecule has 0 fully saturated rings. The van der Waals surface area contributed by atoms with Crippen molar-refractivity contribution in [3.8, 4) is 11.4 Å². The molecule has 0 saturated heterocycles. The Hall–Kier alpha value is -2.02. The molecule has 4 nitrogen and oxygen atoms in total. The van der Waals surface area contributed by atoms with Crippen molar-refractivity contribution >= 4 is 11.6 Å². The third-order valence-electron chi connectivity index (χ3n) is 2.32. The van der Waals surface area contributed by atoms with E-state index in [1.165, 1.54) is 6.07 Å². The maximum Gasteiger partial charge on any atom is 0.416 e. The number of halogens is 4. The molecule has 0 aliphatic carbocycles. The van der Waals surface area contributed by atoms with Gasteiger partial charge in [0.25, 0.3) is 5.56 Å². The molecule has 1 aromatic heterocycles. The van der Waals surface area contributed by atoms with Crippen LogP contribution in [0.3, 0.4) is 0 Å². The lowest BCUT2D eigenvalue weighted by Crippen LogP contribution is -2.21. The van der Waals surface area contributed by atoms with Crippen LogP contribution in [0.15, 0.2) is 35.3 Å². The van der Waals surface area contributed by atoms with Gasteiger partial charge in [0, 0.05) is 0 Å². The molecule has 0 atom stereocenters.